The molecule has 0 saturated carbocycles. The Balaban J connectivity index is 2.55. The molecule has 5 N–H and O–H groups in total. The Morgan fingerprint density at radius 3 is 2.45 bits per heavy atom. The molecule has 0 heterocycles. The van der Waals surface area contributed by atoms with Crippen molar-refractivity contribution in [3.05, 3.63) is 58.0 Å². The van der Waals surface area contributed by atoms with Crippen molar-refractivity contribution in [3.63, 3.8) is 0 Å². The molecular formula is C23H29F2N3O. The van der Waals surface area contributed by atoms with E-state index in [1.807, 2.05) is 39.0 Å². The fraction of sp³-hybridized carbons (Fsp3) is 0.348. The summed E-state index contributed by atoms with van der Waals surface area (Å²) in [5.74, 6) is -1.21. The van der Waals surface area contributed by atoms with Crippen molar-refractivity contribution in [3.8, 4) is 11.1 Å². The summed E-state index contributed by atoms with van der Waals surface area (Å²) < 4.78 is 26.1. The molecule has 2 aromatic carbocycles. The van der Waals surface area contributed by atoms with Gasteiger partial charge >= 0.3 is 0 Å². The lowest BCUT2D eigenvalue weighted by Crippen LogP contribution is -2.34. The maximum Gasteiger partial charge on any atom is 0.251 e. The Kier molecular flexibility index (Phi) is 7.37. The van der Waals surface area contributed by atoms with Gasteiger partial charge in [-0.3, -0.25) is 4.79 Å². The Hall–Kier alpha value is -2.89. The first-order valence-electron chi connectivity index (χ1n) is 9.71. The summed E-state index contributed by atoms with van der Waals surface area (Å²) in [6.45, 7) is 7.30. The highest BCUT2D eigenvalue weighted by Crippen LogP contribution is 2.23. The lowest BCUT2D eigenvalue weighted by molar-refractivity contribution is 0.0939. The first-order valence-corrected chi connectivity index (χ1v) is 9.71. The first-order chi connectivity index (χ1) is 13.7. The van der Waals surface area contributed by atoms with Crippen molar-refractivity contribution in [1.82, 2.24) is 5.32 Å². The maximum atomic E-state index is 13.1. The molecule has 0 aliphatic rings. The number of carbonyl (C=O) groups excluding carboxylic acids is 1. The predicted octanol–water partition coefficient (Wildman–Crippen LogP) is 2.86. The summed E-state index contributed by atoms with van der Waals surface area (Å²) >= 11 is 0. The SMILES string of the molecule is CCC(C)NC(=O)c1ccc(C)c(-c2ccc(=C(/N)C(C)C(F)F)/c(=C\N)c2)c1. The van der Waals surface area contributed by atoms with Gasteiger partial charge in [0.05, 0.1) is 5.92 Å². The number of halogens is 2. The van der Waals surface area contributed by atoms with E-state index < -0.39 is 12.3 Å². The molecule has 0 spiro atoms. The molecule has 2 rings (SSSR count). The van der Waals surface area contributed by atoms with E-state index in [2.05, 4.69) is 5.32 Å². The van der Waals surface area contributed by atoms with Crippen LogP contribution in [-0.2, 0) is 0 Å². The van der Waals surface area contributed by atoms with Crippen molar-refractivity contribution in [1.29, 1.82) is 0 Å². The quantitative estimate of drug-likeness (QED) is 0.696. The van der Waals surface area contributed by atoms with Crippen molar-refractivity contribution < 1.29 is 13.6 Å². The average molecular weight is 402 g/mol. The van der Waals surface area contributed by atoms with Gasteiger partial charge in [-0.15, -0.1) is 0 Å². The van der Waals surface area contributed by atoms with Gasteiger partial charge in [0.1, 0.15) is 0 Å². The van der Waals surface area contributed by atoms with Crippen LogP contribution in [0.25, 0.3) is 23.0 Å². The summed E-state index contributed by atoms with van der Waals surface area (Å²) in [5.41, 5.74) is 15.1. The molecule has 0 aromatic heterocycles. The molecule has 0 bridgehead atoms. The van der Waals surface area contributed by atoms with E-state index in [1.54, 1.807) is 18.2 Å². The van der Waals surface area contributed by atoms with E-state index in [1.165, 1.54) is 13.1 Å². The molecular weight excluding hydrogens is 372 g/mol. The summed E-state index contributed by atoms with van der Waals surface area (Å²) in [6.07, 6.45) is -0.349. The zero-order chi connectivity index (χ0) is 21.7. The molecule has 6 heteroatoms. The van der Waals surface area contributed by atoms with Crippen molar-refractivity contribution in [2.24, 2.45) is 17.4 Å². The van der Waals surface area contributed by atoms with Crippen molar-refractivity contribution in [2.45, 2.75) is 46.6 Å². The third-order valence-corrected chi connectivity index (χ3v) is 5.21. The van der Waals surface area contributed by atoms with Crippen LogP contribution in [0.4, 0.5) is 8.78 Å². The Bertz CT molecular complexity index is 1000. The number of aryl methyl sites for hydroxylation is 1. The van der Waals surface area contributed by atoms with E-state index in [0.717, 1.165) is 23.1 Å². The first kappa shape index (κ1) is 22.4. The van der Waals surface area contributed by atoms with Gasteiger partial charge in [-0.05, 0) is 60.4 Å². The van der Waals surface area contributed by atoms with Gasteiger partial charge in [0.15, 0.2) is 0 Å². The van der Waals surface area contributed by atoms with Gasteiger partial charge in [0.25, 0.3) is 5.91 Å². The fourth-order valence-corrected chi connectivity index (χ4v) is 3.00. The molecule has 2 unspecified atom stereocenters. The maximum absolute atomic E-state index is 13.1. The molecule has 0 radical (unpaired) electrons. The second-order valence-corrected chi connectivity index (χ2v) is 7.36. The molecule has 0 saturated heterocycles. The van der Waals surface area contributed by atoms with Crippen molar-refractivity contribution >= 4 is 17.8 Å². The third kappa shape index (κ3) is 5.13. The molecule has 2 aromatic rings. The molecule has 0 aliphatic carbocycles. The molecule has 156 valence electrons. The number of hydrogen-bond donors (Lipinski definition) is 3. The van der Waals surface area contributed by atoms with Gasteiger partial charge in [-0.2, -0.15) is 0 Å². The smallest absolute Gasteiger partial charge is 0.251 e. The van der Waals surface area contributed by atoms with E-state index in [-0.39, 0.29) is 17.6 Å². The lowest BCUT2D eigenvalue weighted by atomic mass is 9.96. The Morgan fingerprint density at radius 2 is 1.86 bits per heavy atom. The zero-order valence-electron chi connectivity index (χ0n) is 17.3. The van der Waals surface area contributed by atoms with Crippen LogP contribution < -0.4 is 27.2 Å². The summed E-state index contributed by atoms with van der Waals surface area (Å²) in [7, 11) is 0. The minimum absolute atomic E-state index is 0.0836. The normalized spacial score (nSPS) is 15.2. The van der Waals surface area contributed by atoms with Gasteiger partial charge in [0, 0.05) is 28.7 Å². The van der Waals surface area contributed by atoms with Crippen LogP contribution in [0.15, 0.2) is 36.4 Å². The highest BCUT2D eigenvalue weighted by Gasteiger charge is 2.18. The molecule has 0 aliphatic heterocycles. The van der Waals surface area contributed by atoms with Crippen LogP contribution in [0.2, 0.25) is 0 Å². The number of alkyl halides is 2. The number of nitrogens with two attached hydrogens (primary N) is 2. The van der Waals surface area contributed by atoms with Gasteiger partial charge < -0.3 is 16.8 Å². The van der Waals surface area contributed by atoms with Crippen LogP contribution in [0.5, 0.6) is 0 Å². The predicted molar refractivity (Wildman–Crippen MR) is 115 cm³/mol. The standard InChI is InChI=1S/C23H29F2N3O/c1-5-14(3)28-23(29)17-7-6-13(2)20(11-17)16-8-9-19(18(10-16)12-26)21(27)15(4)22(24)25/h6-12,14-15,22H,5,26-27H2,1-4H3,(H,28,29)/b18-12-,21-19-. The molecule has 4 nitrogen and oxygen atoms in total. The average Bonchev–Trinajstić information content (AvgIpc) is 2.72. The Labute approximate surface area is 170 Å². The van der Waals surface area contributed by atoms with E-state index in [9.17, 15) is 13.6 Å². The molecule has 0 fully saturated rings. The Morgan fingerprint density at radius 1 is 1.17 bits per heavy atom. The minimum atomic E-state index is -2.55. The highest BCUT2D eigenvalue weighted by molar-refractivity contribution is 5.96. The fourth-order valence-electron chi connectivity index (χ4n) is 3.00. The summed E-state index contributed by atoms with van der Waals surface area (Å²) in [6, 6.07) is 10.9. The second-order valence-electron chi connectivity index (χ2n) is 7.36. The summed E-state index contributed by atoms with van der Waals surface area (Å²) in [5, 5.41) is 4.02. The largest absolute Gasteiger partial charge is 0.404 e. The third-order valence-electron chi connectivity index (χ3n) is 5.21. The lowest BCUT2D eigenvalue weighted by Gasteiger charge is -2.14. The molecule has 29 heavy (non-hydrogen) atoms. The number of nitrogens with one attached hydrogen (secondary N) is 1. The summed E-state index contributed by atoms with van der Waals surface area (Å²) in [4.78, 5) is 12.5. The number of amides is 1. The number of hydrogen-bond acceptors (Lipinski definition) is 3. The second kappa shape index (κ2) is 9.54. The van der Waals surface area contributed by atoms with Gasteiger partial charge in [0.2, 0.25) is 6.43 Å². The molecule has 2 atom stereocenters. The zero-order valence-corrected chi connectivity index (χ0v) is 17.3. The monoisotopic (exact) mass is 401 g/mol. The van der Waals surface area contributed by atoms with E-state index in [4.69, 9.17) is 11.5 Å². The highest BCUT2D eigenvalue weighted by atomic mass is 19.3. The van der Waals surface area contributed by atoms with Gasteiger partial charge in [-0.1, -0.05) is 32.0 Å². The van der Waals surface area contributed by atoms with Gasteiger partial charge in [-0.25, -0.2) is 8.78 Å². The van der Waals surface area contributed by atoms with E-state index >= 15 is 0 Å². The number of rotatable bonds is 6. The van der Waals surface area contributed by atoms with Crippen LogP contribution in [-0.4, -0.2) is 18.4 Å². The molecule has 1 amide bonds. The number of benzene rings is 2. The van der Waals surface area contributed by atoms with Crippen LogP contribution >= 0.6 is 0 Å². The van der Waals surface area contributed by atoms with Crippen molar-refractivity contribution in [2.75, 3.05) is 0 Å². The number of carbonyl (C=O) groups is 1. The van der Waals surface area contributed by atoms with E-state index in [0.29, 0.717) is 16.0 Å². The van der Waals surface area contributed by atoms with Crippen LogP contribution in [0.1, 0.15) is 43.1 Å². The topological polar surface area (TPSA) is 81.1 Å². The minimum Gasteiger partial charge on any atom is -0.404 e. The van der Waals surface area contributed by atoms with Crippen LogP contribution in [0, 0.1) is 12.8 Å². The van der Waals surface area contributed by atoms with Crippen LogP contribution in [0.3, 0.4) is 0 Å².